The number of aliphatic hydroxyl groups excluding tert-OH is 1. The minimum atomic E-state index is -3.67. The fourth-order valence-electron chi connectivity index (χ4n) is 2.50. The fraction of sp³-hybridized carbons (Fsp3) is 0.125. The van der Waals surface area contributed by atoms with E-state index in [2.05, 4.69) is 0 Å². The quantitative estimate of drug-likeness (QED) is 0.769. The molecule has 0 radical (unpaired) electrons. The average Bonchev–Trinajstić information content (AvgIpc) is 2.99. The second-order valence-corrected chi connectivity index (χ2v) is 6.78. The zero-order chi connectivity index (χ0) is 15.7. The molecule has 5 nitrogen and oxygen atoms in total. The summed E-state index contributed by atoms with van der Waals surface area (Å²) in [7, 11) is -3.67. The van der Waals surface area contributed by atoms with Crippen LogP contribution >= 0.6 is 0 Å². The summed E-state index contributed by atoms with van der Waals surface area (Å²) in [6.07, 6.45) is 0.679. The van der Waals surface area contributed by atoms with Gasteiger partial charge in [0.15, 0.2) is 0 Å². The highest BCUT2D eigenvalue weighted by molar-refractivity contribution is 7.90. The third-order valence-corrected chi connectivity index (χ3v) is 5.32. The van der Waals surface area contributed by atoms with Crippen LogP contribution in [0.25, 0.3) is 10.9 Å². The van der Waals surface area contributed by atoms with Crippen LogP contribution in [0.1, 0.15) is 11.7 Å². The maximum Gasteiger partial charge on any atom is 0.268 e. The summed E-state index contributed by atoms with van der Waals surface area (Å²) >= 11 is 0. The van der Waals surface area contributed by atoms with E-state index in [1.54, 1.807) is 54.6 Å². The molecule has 1 aromatic heterocycles. The van der Waals surface area contributed by atoms with Crippen LogP contribution in [0, 0.1) is 0 Å². The number of rotatable bonds is 4. The van der Waals surface area contributed by atoms with Crippen LogP contribution in [0.15, 0.2) is 65.7 Å². The van der Waals surface area contributed by atoms with Gasteiger partial charge in [0.05, 0.1) is 16.5 Å². The van der Waals surface area contributed by atoms with Crippen LogP contribution in [0.4, 0.5) is 0 Å². The van der Waals surface area contributed by atoms with E-state index in [0.29, 0.717) is 16.5 Å². The van der Waals surface area contributed by atoms with Crippen molar-refractivity contribution in [3.63, 3.8) is 0 Å². The highest BCUT2D eigenvalue weighted by Crippen LogP contribution is 2.27. The SMILES string of the molecule is NCC(O)c1cccc2c1ccn2S(=O)(=O)c1ccccc1. The molecule has 3 rings (SSSR count). The first-order valence-corrected chi connectivity index (χ1v) is 8.28. The Balaban J connectivity index is 2.22. The monoisotopic (exact) mass is 316 g/mol. The number of hydrogen-bond donors (Lipinski definition) is 2. The Morgan fingerprint density at radius 3 is 2.45 bits per heavy atom. The highest BCUT2D eigenvalue weighted by Gasteiger charge is 2.20. The van der Waals surface area contributed by atoms with Crippen molar-refractivity contribution in [2.24, 2.45) is 5.73 Å². The van der Waals surface area contributed by atoms with E-state index in [9.17, 15) is 13.5 Å². The maximum atomic E-state index is 12.7. The zero-order valence-corrected chi connectivity index (χ0v) is 12.6. The molecule has 1 unspecified atom stereocenters. The first-order valence-electron chi connectivity index (χ1n) is 6.84. The first-order chi connectivity index (χ1) is 10.6. The molecular weight excluding hydrogens is 300 g/mol. The van der Waals surface area contributed by atoms with Crippen molar-refractivity contribution in [2.45, 2.75) is 11.0 Å². The Bertz CT molecular complexity index is 902. The van der Waals surface area contributed by atoms with Gasteiger partial charge in [0.1, 0.15) is 0 Å². The van der Waals surface area contributed by atoms with Gasteiger partial charge in [-0.3, -0.25) is 0 Å². The van der Waals surface area contributed by atoms with Gasteiger partial charge < -0.3 is 10.8 Å². The number of hydrogen-bond acceptors (Lipinski definition) is 4. The predicted molar refractivity (Wildman–Crippen MR) is 85.0 cm³/mol. The lowest BCUT2D eigenvalue weighted by molar-refractivity contribution is 0.188. The van der Waals surface area contributed by atoms with Crippen LogP contribution in [-0.4, -0.2) is 24.0 Å². The van der Waals surface area contributed by atoms with E-state index in [1.165, 1.54) is 10.2 Å². The van der Waals surface area contributed by atoms with E-state index in [1.807, 2.05) is 0 Å². The van der Waals surface area contributed by atoms with Crippen molar-refractivity contribution in [2.75, 3.05) is 6.54 Å². The van der Waals surface area contributed by atoms with Gasteiger partial charge in [-0.25, -0.2) is 12.4 Å². The summed E-state index contributed by atoms with van der Waals surface area (Å²) in [6, 6.07) is 15.1. The van der Waals surface area contributed by atoms with Crippen molar-refractivity contribution in [3.8, 4) is 0 Å². The molecular formula is C16H16N2O3S. The molecule has 6 heteroatoms. The van der Waals surface area contributed by atoms with E-state index in [-0.39, 0.29) is 11.4 Å². The smallest absolute Gasteiger partial charge is 0.268 e. The number of aliphatic hydroxyl groups is 1. The largest absolute Gasteiger partial charge is 0.387 e. The normalized spacial score (nSPS) is 13.4. The highest BCUT2D eigenvalue weighted by atomic mass is 32.2. The molecule has 2 aromatic carbocycles. The lowest BCUT2D eigenvalue weighted by Crippen LogP contribution is -2.13. The molecule has 0 aliphatic rings. The minimum absolute atomic E-state index is 0.0791. The Kier molecular flexibility index (Phi) is 3.74. The molecule has 0 aliphatic heterocycles. The Morgan fingerprint density at radius 1 is 1.05 bits per heavy atom. The van der Waals surface area contributed by atoms with Crippen molar-refractivity contribution < 1.29 is 13.5 Å². The number of benzene rings is 2. The second-order valence-electron chi connectivity index (χ2n) is 4.96. The summed E-state index contributed by atoms with van der Waals surface area (Å²) in [5.41, 5.74) is 6.65. The number of nitrogens with two attached hydrogens (primary N) is 1. The predicted octanol–water partition coefficient (Wildman–Crippen LogP) is 1.87. The second kappa shape index (κ2) is 5.57. The van der Waals surface area contributed by atoms with Crippen molar-refractivity contribution in [1.82, 2.24) is 3.97 Å². The molecule has 0 spiro atoms. The summed E-state index contributed by atoms with van der Waals surface area (Å²) < 4.78 is 26.7. The molecule has 0 bridgehead atoms. The van der Waals surface area contributed by atoms with Crippen LogP contribution in [-0.2, 0) is 10.0 Å². The zero-order valence-electron chi connectivity index (χ0n) is 11.8. The number of fused-ring (bicyclic) bond motifs is 1. The molecule has 1 atom stereocenters. The number of aromatic nitrogens is 1. The fourth-order valence-corrected chi connectivity index (χ4v) is 3.87. The van der Waals surface area contributed by atoms with Crippen LogP contribution in [0.5, 0.6) is 0 Å². The van der Waals surface area contributed by atoms with Crippen LogP contribution < -0.4 is 5.73 Å². The van der Waals surface area contributed by atoms with Gasteiger partial charge in [-0.2, -0.15) is 0 Å². The molecule has 0 saturated heterocycles. The molecule has 0 fully saturated rings. The van der Waals surface area contributed by atoms with Gasteiger partial charge in [-0.15, -0.1) is 0 Å². The molecule has 114 valence electrons. The van der Waals surface area contributed by atoms with Crippen molar-refractivity contribution in [3.05, 3.63) is 66.4 Å². The number of nitrogens with zero attached hydrogens (tertiary/aromatic N) is 1. The van der Waals surface area contributed by atoms with Gasteiger partial charge in [0.2, 0.25) is 0 Å². The van der Waals surface area contributed by atoms with Gasteiger partial charge in [0.25, 0.3) is 10.0 Å². The molecule has 22 heavy (non-hydrogen) atoms. The summed E-state index contributed by atoms with van der Waals surface area (Å²) in [5.74, 6) is 0. The maximum absolute atomic E-state index is 12.7. The lowest BCUT2D eigenvalue weighted by atomic mass is 10.1. The van der Waals surface area contributed by atoms with Crippen molar-refractivity contribution >= 4 is 20.9 Å². The third kappa shape index (κ3) is 2.31. The van der Waals surface area contributed by atoms with E-state index >= 15 is 0 Å². The van der Waals surface area contributed by atoms with Crippen molar-refractivity contribution in [1.29, 1.82) is 0 Å². The summed E-state index contributed by atoms with van der Waals surface area (Å²) in [4.78, 5) is 0.220. The van der Waals surface area contributed by atoms with Gasteiger partial charge >= 0.3 is 0 Å². The van der Waals surface area contributed by atoms with Crippen LogP contribution in [0.3, 0.4) is 0 Å². The van der Waals surface area contributed by atoms with Crippen LogP contribution in [0.2, 0.25) is 0 Å². The molecule has 0 aliphatic carbocycles. The molecule has 0 saturated carbocycles. The minimum Gasteiger partial charge on any atom is -0.387 e. The molecule has 3 aromatic rings. The standard InChI is InChI=1S/C16H16N2O3S/c17-11-16(19)14-7-4-8-15-13(14)9-10-18(15)22(20,21)12-5-2-1-3-6-12/h1-10,16,19H,11,17H2. The molecule has 3 N–H and O–H groups in total. The topological polar surface area (TPSA) is 85.3 Å². The third-order valence-electron chi connectivity index (χ3n) is 3.61. The van der Waals surface area contributed by atoms with Gasteiger partial charge in [-0.05, 0) is 29.8 Å². The summed E-state index contributed by atoms with van der Waals surface area (Å²) in [6.45, 7) is 0.0791. The average molecular weight is 316 g/mol. The lowest BCUT2D eigenvalue weighted by Gasteiger charge is -2.11. The summed E-state index contributed by atoms with van der Waals surface area (Å²) in [5, 5.41) is 10.7. The Labute approximate surface area is 128 Å². The Hall–Kier alpha value is -2.15. The van der Waals surface area contributed by atoms with E-state index in [4.69, 9.17) is 5.73 Å². The Morgan fingerprint density at radius 2 is 1.77 bits per heavy atom. The van der Waals surface area contributed by atoms with Gasteiger partial charge in [0, 0.05) is 18.1 Å². The van der Waals surface area contributed by atoms with Gasteiger partial charge in [-0.1, -0.05) is 30.3 Å². The van der Waals surface area contributed by atoms with E-state index < -0.39 is 16.1 Å². The molecule has 0 amide bonds. The van der Waals surface area contributed by atoms with E-state index in [0.717, 1.165) is 0 Å². The molecule has 1 heterocycles. The first kappa shape index (κ1) is 14.8.